The lowest BCUT2D eigenvalue weighted by Gasteiger charge is -2.26. The average molecular weight is 266 g/mol. The molecule has 0 amide bonds. The van der Waals surface area contributed by atoms with Crippen molar-refractivity contribution in [2.24, 2.45) is 0 Å². The Balaban J connectivity index is 1.94. The van der Waals surface area contributed by atoms with Crippen molar-refractivity contribution in [3.8, 4) is 0 Å². The Morgan fingerprint density at radius 2 is 1.80 bits per heavy atom. The number of rotatable bonds is 3. The summed E-state index contributed by atoms with van der Waals surface area (Å²) in [5, 5.41) is 3.48. The van der Waals surface area contributed by atoms with Gasteiger partial charge in [-0.05, 0) is 62.6 Å². The van der Waals surface area contributed by atoms with E-state index < -0.39 is 0 Å². The highest BCUT2D eigenvalue weighted by molar-refractivity contribution is 5.68. The molecule has 0 bridgehead atoms. The summed E-state index contributed by atoms with van der Waals surface area (Å²) in [4.78, 5) is 2.37. The maximum Gasteiger partial charge on any atom is 0.0414 e. The zero-order chi connectivity index (χ0) is 13.9. The number of nitrogens with zero attached hydrogens (tertiary/aromatic N) is 1. The zero-order valence-electron chi connectivity index (χ0n) is 12.3. The summed E-state index contributed by atoms with van der Waals surface area (Å²) in [5.41, 5.74) is 6.61. The quantitative estimate of drug-likeness (QED) is 0.879. The number of hydrogen-bond acceptors (Lipinski definition) is 2. The predicted octanol–water partition coefficient (Wildman–Crippen LogP) is 4.51. The third-order valence-corrected chi connectivity index (χ3v) is 4.00. The Bertz CT molecular complexity index is 587. The molecule has 0 atom stereocenters. The number of aryl methyl sites for hydroxylation is 2. The first kappa shape index (κ1) is 13.0. The zero-order valence-corrected chi connectivity index (χ0v) is 12.3. The van der Waals surface area contributed by atoms with Crippen LogP contribution < -0.4 is 10.2 Å². The van der Waals surface area contributed by atoms with Crippen molar-refractivity contribution in [3.63, 3.8) is 0 Å². The predicted molar refractivity (Wildman–Crippen MR) is 87.1 cm³/mol. The van der Waals surface area contributed by atoms with Gasteiger partial charge >= 0.3 is 0 Å². The Morgan fingerprint density at radius 3 is 2.55 bits per heavy atom. The third kappa shape index (κ3) is 2.51. The molecule has 1 heterocycles. The van der Waals surface area contributed by atoms with E-state index in [1.54, 1.807) is 0 Å². The number of fused-ring (bicyclic) bond motifs is 1. The molecule has 0 saturated carbocycles. The molecule has 2 nitrogen and oxygen atoms in total. The van der Waals surface area contributed by atoms with E-state index in [1.165, 1.54) is 41.0 Å². The van der Waals surface area contributed by atoms with Crippen LogP contribution in [0.1, 0.15) is 24.5 Å². The topological polar surface area (TPSA) is 15.3 Å². The van der Waals surface area contributed by atoms with Gasteiger partial charge < -0.3 is 10.2 Å². The molecule has 20 heavy (non-hydrogen) atoms. The lowest BCUT2D eigenvalue weighted by atomic mass is 10.0. The van der Waals surface area contributed by atoms with Gasteiger partial charge in [0, 0.05) is 30.2 Å². The van der Waals surface area contributed by atoms with Gasteiger partial charge in [-0.3, -0.25) is 0 Å². The average Bonchev–Trinajstić information content (AvgIpc) is 2.50. The smallest absolute Gasteiger partial charge is 0.0414 e. The fourth-order valence-electron chi connectivity index (χ4n) is 2.87. The van der Waals surface area contributed by atoms with Crippen LogP contribution in [0.15, 0.2) is 42.5 Å². The fourth-order valence-corrected chi connectivity index (χ4v) is 2.87. The molecule has 3 rings (SSSR count). The number of benzene rings is 2. The molecule has 1 N–H and O–H groups in total. The lowest BCUT2D eigenvalue weighted by molar-refractivity contribution is 0.829. The van der Waals surface area contributed by atoms with E-state index >= 15 is 0 Å². The van der Waals surface area contributed by atoms with Crippen LogP contribution in [-0.4, -0.2) is 13.1 Å². The Hall–Kier alpha value is -1.96. The minimum Gasteiger partial charge on any atom is -0.385 e. The van der Waals surface area contributed by atoms with E-state index in [-0.39, 0.29) is 0 Å². The number of hydrogen-bond donors (Lipinski definition) is 1. The molecule has 0 radical (unpaired) electrons. The van der Waals surface area contributed by atoms with Gasteiger partial charge in [0.1, 0.15) is 0 Å². The van der Waals surface area contributed by atoms with E-state index in [1.807, 2.05) is 0 Å². The van der Waals surface area contributed by atoms with Crippen molar-refractivity contribution < 1.29 is 0 Å². The van der Waals surface area contributed by atoms with Crippen LogP contribution in [0.4, 0.5) is 17.1 Å². The highest BCUT2D eigenvalue weighted by Crippen LogP contribution is 2.31. The first-order chi connectivity index (χ1) is 9.78. The summed E-state index contributed by atoms with van der Waals surface area (Å²) in [5.74, 6) is 0. The van der Waals surface area contributed by atoms with Gasteiger partial charge in [-0.2, -0.15) is 0 Å². The highest BCUT2D eigenvalue weighted by atomic mass is 15.1. The molecular formula is C18H22N2. The normalized spacial score (nSPS) is 13.5. The Morgan fingerprint density at radius 1 is 1.05 bits per heavy atom. The Kier molecular flexibility index (Phi) is 3.64. The molecule has 2 aromatic rings. The third-order valence-electron chi connectivity index (χ3n) is 4.00. The lowest BCUT2D eigenvalue weighted by Crippen LogP contribution is -2.17. The summed E-state index contributed by atoms with van der Waals surface area (Å²) < 4.78 is 0. The maximum absolute atomic E-state index is 3.48. The van der Waals surface area contributed by atoms with Crippen LogP contribution in [0, 0.1) is 6.92 Å². The van der Waals surface area contributed by atoms with Crippen LogP contribution in [0.3, 0.4) is 0 Å². The standard InChI is InChI=1S/C18H22N2/c1-3-20(16-8-6-14(2)7-9-16)17-10-11-18-15(13-17)5-4-12-19-18/h6-11,13,19H,3-5,12H2,1-2H3. The van der Waals surface area contributed by atoms with Crippen molar-refractivity contribution in [1.29, 1.82) is 0 Å². The molecule has 0 unspecified atom stereocenters. The first-order valence-electron chi connectivity index (χ1n) is 7.49. The van der Waals surface area contributed by atoms with E-state index in [0.29, 0.717) is 0 Å². The van der Waals surface area contributed by atoms with Crippen LogP contribution in [0.2, 0.25) is 0 Å². The van der Waals surface area contributed by atoms with Crippen molar-refractivity contribution in [1.82, 2.24) is 0 Å². The van der Waals surface area contributed by atoms with Crippen molar-refractivity contribution >= 4 is 17.1 Å². The number of nitrogens with one attached hydrogen (secondary N) is 1. The van der Waals surface area contributed by atoms with Gasteiger partial charge in [-0.15, -0.1) is 0 Å². The summed E-state index contributed by atoms with van der Waals surface area (Å²) in [6.07, 6.45) is 2.41. The molecule has 0 fully saturated rings. The van der Waals surface area contributed by atoms with Crippen molar-refractivity contribution in [2.75, 3.05) is 23.3 Å². The fraction of sp³-hybridized carbons (Fsp3) is 0.333. The maximum atomic E-state index is 3.48. The van der Waals surface area contributed by atoms with Gasteiger partial charge in [-0.1, -0.05) is 17.7 Å². The monoisotopic (exact) mass is 266 g/mol. The van der Waals surface area contributed by atoms with Gasteiger partial charge in [0.25, 0.3) is 0 Å². The molecule has 0 aromatic heterocycles. The van der Waals surface area contributed by atoms with E-state index in [9.17, 15) is 0 Å². The molecule has 0 spiro atoms. The summed E-state index contributed by atoms with van der Waals surface area (Å²) in [7, 11) is 0. The molecule has 104 valence electrons. The van der Waals surface area contributed by atoms with Crippen LogP contribution in [0.5, 0.6) is 0 Å². The molecule has 2 aromatic carbocycles. The number of anilines is 3. The van der Waals surface area contributed by atoms with Gasteiger partial charge in [0.05, 0.1) is 0 Å². The van der Waals surface area contributed by atoms with E-state index in [4.69, 9.17) is 0 Å². The molecule has 1 aliphatic heterocycles. The second-order valence-corrected chi connectivity index (χ2v) is 5.45. The second kappa shape index (κ2) is 5.58. The minimum absolute atomic E-state index is 0.981. The molecular weight excluding hydrogens is 244 g/mol. The summed E-state index contributed by atoms with van der Waals surface area (Å²) in [6, 6.07) is 15.6. The Labute approximate surface area is 121 Å². The van der Waals surface area contributed by atoms with Gasteiger partial charge in [0.2, 0.25) is 0 Å². The molecule has 1 aliphatic rings. The van der Waals surface area contributed by atoms with Crippen LogP contribution >= 0.6 is 0 Å². The minimum atomic E-state index is 0.981. The van der Waals surface area contributed by atoms with E-state index in [0.717, 1.165) is 13.1 Å². The summed E-state index contributed by atoms with van der Waals surface area (Å²) >= 11 is 0. The van der Waals surface area contributed by atoms with Crippen molar-refractivity contribution in [2.45, 2.75) is 26.7 Å². The molecule has 0 saturated heterocycles. The SMILES string of the molecule is CCN(c1ccc(C)cc1)c1ccc2c(c1)CCCN2. The van der Waals surface area contributed by atoms with Crippen LogP contribution in [0.25, 0.3) is 0 Å². The molecule has 2 heteroatoms. The molecule has 0 aliphatic carbocycles. The largest absolute Gasteiger partial charge is 0.385 e. The highest BCUT2D eigenvalue weighted by Gasteiger charge is 2.12. The van der Waals surface area contributed by atoms with Crippen molar-refractivity contribution in [3.05, 3.63) is 53.6 Å². The first-order valence-corrected chi connectivity index (χ1v) is 7.49. The second-order valence-electron chi connectivity index (χ2n) is 5.45. The van der Waals surface area contributed by atoms with Crippen LogP contribution in [-0.2, 0) is 6.42 Å². The van der Waals surface area contributed by atoms with E-state index in [2.05, 4.69) is 66.5 Å². The van der Waals surface area contributed by atoms with Gasteiger partial charge in [0.15, 0.2) is 0 Å². The summed E-state index contributed by atoms with van der Waals surface area (Å²) in [6.45, 7) is 6.42. The van der Waals surface area contributed by atoms with Gasteiger partial charge in [-0.25, -0.2) is 0 Å².